The molecule has 1 fully saturated rings. The highest BCUT2D eigenvalue weighted by molar-refractivity contribution is 6.00. The smallest absolute Gasteiger partial charge is 0.336 e. The second-order valence-corrected chi connectivity index (χ2v) is 4.35. The summed E-state index contributed by atoms with van der Waals surface area (Å²) in [5.41, 5.74) is 0.821. The van der Waals surface area contributed by atoms with Crippen molar-refractivity contribution in [1.82, 2.24) is 10.6 Å². The van der Waals surface area contributed by atoms with Crippen molar-refractivity contribution in [3.8, 4) is 0 Å². The van der Waals surface area contributed by atoms with E-state index in [2.05, 4.69) is 10.6 Å². The van der Waals surface area contributed by atoms with E-state index in [1.807, 2.05) is 0 Å². The van der Waals surface area contributed by atoms with Gasteiger partial charge in [0.2, 0.25) is 11.8 Å². The highest BCUT2D eigenvalue weighted by atomic mass is 16.4. The molecule has 1 atom stereocenters. The summed E-state index contributed by atoms with van der Waals surface area (Å²) >= 11 is 0. The van der Waals surface area contributed by atoms with Crippen molar-refractivity contribution in [3.63, 3.8) is 0 Å². The van der Waals surface area contributed by atoms with E-state index in [1.54, 1.807) is 18.2 Å². The Morgan fingerprint density at radius 3 is 2.79 bits per heavy atom. The predicted molar refractivity (Wildman–Crippen MR) is 66.4 cm³/mol. The van der Waals surface area contributed by atoms with Gasteiger partial charge in [-0.15, -0.1) is 0 Å². The molecule has 0 aliphatic carbocycles. The first kappa shape index (κ1) is 13.2. The van der Waals surface area contributed by atoms with Gasteiger partial charge in [-0.3, -0.25) is 14.9 Å². The van der Waals surface area contributed by atoms with Gasteiger partial charge in [-0.1, -0.05) is 18.2 Å². The number of carbonyl (C=O) groups is 3. The molecular formula is C13H14N2O4. The van der Waals surface area contributed by atoms with Crippen molar-refractivity contribution in [2.45, 2.75) is 25.4 Å². The number of nitrogens with one attached hydrogen (secondary N) is 2. The summed E-state index contributed by atoms with van der Waals surface area (Å²) in [4.78, 5) is 33.6. The fraction of sp³-hybridized carbons (Fsp3) is 0.308. The van der Waals surface area contributed by atoms with Crippen LogP contribution in [0.2, 0.25) is 0 Å². The molecule has 1 aromatic carbocycles. The predicted octanol–water partition coefficient (Wildman–Crippen LogP) is 0.280. The first-order chi connectivity index (χ1) is 9.08. The molecule has 0 radical (unpaired) electrons. The number of benzene rings is 1. The van der Waals surface area contributed by atoms with Gasteiger partial charge in [-0.2, -0.15) is 0 Å². The third-order valence-corrected chi connectivity index (χ3v) is 3.03. The van der Waals surface area contributed by atoms with Crippen LogP contribution in [0.3, 0.4) is 0 Å². The molecule has 0 bridgehead atoms. The van der Waals surface area contributed by atoms with Crippen LogP contribution in [-0.4, -0.2) is 28.9 Å². The van der Waals surface area contributed by atoms with Gasteiger partial charge in [0, 0.05) is 13.0 Å². The first-order valence-electron chi connectivity index (χ1n) is 5.96. The summed E-state index contributed by atoms with van der Waals surface area (Å²) in [6.07, 6.45) is 0.726. The minimum Gasteiger partial charge on any atom is -0.478 e. The average molecular weight is 262 g/mol. The Labute approximate surface area is 109 Å². The zero-order chi connectivity index (χ0) is 13.8. The highest BCUT2D eigenvalue weighted by Crippen LogP contribution is 2.10. The Morgan fingerprint density at radius 1 is 1.37 bits per heavy atom. The molecule has 100 valence electrons. The van der Waals surface area contributed by atoms with Crippen molar-refractivity contribution in [1.29, 1.82) is 0 Å². The molecule has 0 aromatic heterocycles. The Bertz CT molecular complexity index is 527. The minimum atomic E-state index is -0.999. The number of carboxylic acid groups (broad SMARTS) is 1. The number of amides is 2. The van der Waals surface area contributed by atoms with E-state index in [0.29, 0.717) is 18.4 Å². The molecule has 2 rings (SSSR count). The number of hydrogen-bond donors (Lipinski definition) is 3. The van der Waals surface area contributed by atoms with Gasteiger partial charge >= 0.3 is 5.97 Å². The van der Waals surface area contributed by atoms with E-state index < -0.39 is 12.0 Å². The number of hydrogen-bond acceptors (Lipinski definition) is 4. The van der Waals surface area contributed by atoms with Gasteiger partial charge in [-0.05, 0) is 18.1 Å². The molecule has 1 heterocycles. The average Bonchev–Trinajstić information content (AvgIpc) is 2.38. The lowest BCUT2D eigenvalue weighted by atomic mass is 10.0. The topological polar surface area (TPSA) is 95.5 Å². The summed E-state index contributed by atoms with van der Waals surface area (Å²) in [6, 6.07) is 6.15. The van der Waals surface area contributed by atoms with Crippen LogP contribution in [0.4, 0.5) is 0 Å². The van der Waals surface area contributed by atoms with E-state index in [0.717, 1.165) is 0 Å². The highest BCUT2D eigenvalue weighted by Gasteiger charge is 2.26. The van der Waals surface area contributed by atoms with Gasteiger partial charge < -0.3 is 10.4 Å². The standard InChI is InChI=1S/C13H14N2O4/c16-11-6-5-10(12(17)15-11)14-7-8-3-1-2-4-9(8)13(18)19/h1-4,10,14H,5-7H2,(H,18,19)(H,15,16,17)/t10-/m0/s1. The lowest BCUT2D eigenvalue weighted by Crippen LogP contribution is -2.50. The van der Waals surface area contributed by atoms with Crippen LogP contribution in [-0.2, 0) is 16.1 Å². The number of imide groups is 1. The molecule has 1 aromatic rings. The normalized spacial score (nSPS) is 19.1. The number of carbonyl (C=O) groups excluding carboxylic acids is 2. The molecule has 1 aliphatic heterocycles. The van der Waals surface area contributed by atoms with Crippen molar-refractivity contribution >= 4 is 17.8 Å². The molecule has 19 heavy (non-hydrogen) atoms. The molecule has 3 N–H and O–H groups in total. The van der Waals surface area contributed by atoms with Crippen LogP contribution in [0.15, 0.2) is 24.3 Å². The molecule has 6 nitrogen and oxygen atoms in total. The van der Waals surface area contributed by atoms with Gasteiger partial charge in [0.1, 0.15) is 0 Å². The largest absolute Gasteiger partial charge is 0.478 e. The number of aromatic carboxylic acids is 1. The van der Waals surface area contributed by atoms with Gasteiger partial charge in [0.15, 0.2) is 0 Å². The summed E-state index contributed by atoms with van der Waals surface area (Å²) < 4.78 is 0. The van der Waals surface area contributed by atoms with Gasteiger partial charge in [-0.25, -0.2) is 4.79 Å². The van der Waals surface area contributed by atoms with E-state index in [4.69, 9.17) is 5.11 Å². The third kappa shape index (κ3) is 3.17. The summed E-state index contributed by atoms with van der Waals surface area (Å²) in [5, 5.41) is 14.3. The molecule has 2 amide bonds. The molecule has 1 saturated heterocycles. The Hall–Kier alpha value is -2.21. The second-order valence-electron chi connectivity index (χ2n) is 4.35. The molecule has 1 aliphatic rings. The van der Waals surface area contributed by atoms with Crippen LogP contribution in [0.25, 0.3) is 0 Å². The van der Waals surface area contributed by atoms with Gasteiger partial charge in [0.25, 0.3) is 0 Å². The number of rotatable bonds is 4. The van der Waals surface area contributed by atoms with E-state index in [9.17, 15) is 14.4 Å². The lowest BCUT2D eigenvalue weighted by molar-refractivity contribution is -0.134. The number of carboxylic acids is 1. The Kier molecular flexibility index (Phi) is 3.91. The van der Waals surface area contributed by atoms with Crippen LogP contribution in [0.5, 0.6) is 0 Å². The summed E-state index contributed by atoms with van der Waals surface area (Å²) in [6.45, 7) is 0.273. The molecule has 6 heteroatoms. The molecular weight excluding hydrogens is 248 g/mol. The summed E-state index contributed by atoms with van der Waals surface area (Å²) in [5.74, 6) is -1.63. The maximum atomic E-state index is 11.5. The zero-order valence-electron chi connectivity index (χ0n) is 10.2. The fourth-order valence-electron chi connectivity index (χ4n) is 2.00. The van der Waals surface area contributed by atoms with Crippen molar-refractivity contribution in [2.75, 3.05) is 0 Å². The van der Waals surface area contributed by atoms with Crippen LogP contribution < -0.4 is 10.6 Å². The quantitative estimate of drug-likeness (QED) is 0.677. The maximum absolute atomic E-state index is 11.5. The van der Waals surface area contributed by atoms with Crippen LogP contribution in [0.1, 0.15) is 28.8 Å². The van der Waals surface area contributed by atoms with E-state index in [1.165, 1.54) is 6.07 Å². The third-order valence-electron chi connectivity index (χ3n) is 3.03. The number of piperidine rings is 1. The van der Waals surface area contributed by atoms with Crippen molar-refractivity contribution < 1.29 is 19.5 Å². The van der Waals surface area contributed by atoms with Crippen LogP contribution >= 0.6 is 0 Å². The molecule has 0 saturated carbocycles. The van der Waals surface area contributed by atoms with Crippen molar-refractivity contribution in [3.05, 3.63) is 35.4 Å². The second kappa shape index (κ2) is 5.62. The fourth-order valence-corrected chi connectivity index (χ4v) is 2.00. The minimum absolute atomic E-state index is 0.210. The Morgan fingerprint density at radius 2 is 2.11 bits per heavy atom. The first-order valence-corrected chi connectivity index (χ1v) is 5.96. The van der Waals surface area contributed by atoms with E-state index >= 15 is 0 Å². The van der Waals surface area contributed by atoms with Crippen molar-refractivity contribution in [2.24, 2.45) is 0 Å². The SMILES string of the molecule is O=C1CC[C@H](NCc2ccccc2C(=O)O)C(=O)N1. The monoisotopic (exact) mass is 262 g/mol. The molecule has 0 unspecified atom stereocenters. The summed E-state index contributed by atoms with van der Waals surface area (Å²) in [7, 11) is 0. The van der Waals surface area contributed by atoms with E-state index in [-0.39, 0.29) is 23.9 Å². The van der Waals surface area contributed by atoms with Crippen LogP contribution in [0, 0.1) is 0 Å². The molecule has 0 spiro atoms. The lowest BCUT2D eigenvalue weighted by Gasteiger charge is -2.22. The Balaban J connectivity index is 2.01. The van der Waals surface area contributed by atoms with Gasteiger partial charge in [0.05, 0.1) is 11.6 Å². The zero-order valence-corrected chi connectivity index (χ0v) is 10.2. The maximum Gasteiger partial charge on any atom is 0.336 e.